The first kappa shape index (κ1) is 39.8. The quantitative estimate of drug-likeness (QED) is 0.178. The van der Waals surface area contributed by atoms with Crippen LogP contribution in [0.15, 0.2) is 71.9 Å². The molecular weight excluding hydrogens is 772 g/mol. The molecule has 0 saturated carbocycles. The molecule has 16 nitrogen and oxygen atoms in total. The normalized spacial score (nSPS) is 15.9. The Balaban J connectivity index is 1.18. The number of halogens is 1. The highest BCUT2D eigenvalue weighted by molar-refractivity contribution is 6.36. The van der Waals surface area contributed by atoms with Crippen molar-refractivity contribution in [2.75, 3.05) is 19.0 Å². The highest BCUT2D eigenvalue weighted by Crippen LogP contribution is 2.45. The number of anilines is 1. The molecule has 2 N–H and O–H groups in total. The van der Waals surface area contributed by atoms with Gasteiger partial charge >= 0.3 is 17.6 Å². The van der Waals surface area contributed by atoms with Gasteiger partial charge in [-0.25, -0.2) is 19.4 Å². The van der Waals surface area contributed by atoms with Crippen LogP contribution in [-0.2, 0) is 36.7 Å². The van der Waals surface area contributed by atoms with Crippen molar-refractivity contribution in [3.05, 3.63) is 119 Å². The van der Waals surface area contributed by atoms with Gasteiger partial charge in [-0.15, -0.1) is 0 Å². The van der Waals surface area contributed by atoms with E-state index in [1.165, 1.54) is 32.0 Å². The van der Waals surface area contributed by atoms with Crippen molar-refractivity contribution < 1.29 is 32.7 Å². The fraction of sp³-hybridized carbons (Fsp3) is 0.341. The van der Waals surface area contributed by atoms with Crippen molar-refractivity contribution in [2.45, 2.75) is 64.6 Å². The van der Waals surface area contributed by atoms with E-state index in [9.17, 15) is 28.8 Å². The van der Waals surface area contributed by atoms with Crippen LogP contribution in [0, 0.1) is 13.8 Å². The molecule has 0 radical (unpaired) electrons. The SMILES string of the molecule is COc1nc(-c2cccc(-c3cccc(NC(=O)c4cn(C)c(=O)n(C)c4=O)c3C)c2Cl)cc2c1[C@@H](N(CC[C@@H]1CCC(=O)N1)C(=O)OCc1oc(=O)oc1C)CC2. The summed E-state index contributed by atoms with van der Waals surface area (Å²) in [6.07, 6.45) is 3.28. The van der Waals surface area contributed by atoms with Crippen LogP contribution in [-0.4, -0.2) is 56.6 Å². The van der Waals surface area contributed by atoms with Crippen molar-refractivity contribution in [1.29, 1.82) is 0 Å². The Kier molecular flexibility index (Phi) is 11.1. The molecule has 5 aromatic rings. The summed E-state index contributed by atoms with van der Waals surface area (Å²) in [6, 6.07) is 12.3. The van der Waals surface area contributed by atoms with E-state index in [0.29, 0.717) is 71.1 Å². The molecule has 1 saturated heterocycles. The van der Waals surface area contributed by atoms with Crippen molar-refractivity contribution in [1.82, 2.24) is 24.3 Å². The summed E-state index contributed by atoms with van der Waals surface area (Å²) in [5.74, 6) is -0.950. The zero-order valence-corrected chi connectivity index (χ0v) is 33.2. The standard InChI is InChI=1S/C41H41ClN6O10/c1-21-25(8-7-11-29(21)44-36(50)28-19-46(3)39(52)47(4)38(28)51)26-9-6-10-27(35(26)42)30-18-23-12-14-31(34(23)37(45-30)55-5)48(17-16-24-13-15-33(49)43-24)40(53)56-20-32-22(2)57-41(54)58-32/h6-11,18-19,24,31H,12-17,20H2,1-5H3,(H,43,49)(H,44,50)/t24-,31-/m0/s1. The number of carbonyl (C=O) groups is 3. The predicted molar refractivity (Wildman–Crippen MR) is 212 cm³/mol. The maximum absolute atomic E-state index is 13.8. The fourth-order valence-electron chi connectivity index (χ4n) is 7.62. The van der Waals surface area contributed by atoms with E-state index in [-0.39, 0.29) is 42.2 Å². The molecule has 3 amide bonds. The van der Waals surface area contributed by atoms with E-state index in [4.69, 9.17) is 34.9 Å². The second kappa shape index (κ2) is 16.2. The summed E-state index contributed by atoms with van der Waals surface area (Å²) in [6.45, 7) is 3.33. The number of hydrogen-bond donors (Lipinski definition) is 2. The minimum atomic E-state index is -0.889. The number of nitrogens with one attached hydrogen (secondary N) is 2. The minimum absolute atomic E-state index is 0.0298. The van der Waals surface area contributed by atoms with Gasteiger partial charge in [-0.2, -0.15) is 0 Å². The van der Waals surface area contributed by atoms with Crippen LogP contribution in [0.5, 0.6) is 5.88 Å². The van der Waals surface area contributed by atoms with Gasteiger partial charge < -0.3 is 38.4 Å². The summed E-state index contributed by atoms with van der Waals surface area (Å²) in [5, 5.41) is 6.16. The van der Waals surface area contributed by atoms with Crippen LogP contribution < -0.4 is 32.4 Å². The van der Waals surface area contributed by atoms with Gasteiger partial charge in [0.2, 0.25) is 11.8 Å². The van der Waals surface area contributed by atoms with Crippen LogP contribution in [0.2, 0.25) is 5.02 Å². The summed E-state index contributed by atoms with van der Waals surface area (Å²) in [5.41, 5.74) is 3.89. The molecule has 58 heavy (non-hydrogen) atoms. The third-order valence-electron chi connectivity index (χ3n) is 10.7. The maximum Gasteiger partial charge on any atom is 0.519 e. The second-order valence-corrected chi connectivity index (χ2v) is 14.7. The lowest BCUT2D eigenvalue weighted by Gasteiger charge is -2.30. The highest BCUT2D eigenvalue weighted by atomic mass is 35.5. The molecule has 0 unspecified atom stereocenters. The first-order valence-corrected chi connectivity index (χ1v) is 19.0. The number of methoxy groups -OCH3 is 1. The Hall–Kier alpha value is -6.42. The van der Waals surface area contributed by atoms with Gasteiger partial charge in [-0.1, -0.05) is 41.9 Å². The van der Waals surface area contributed by atoms with Crippen molar-refractivity contribution >= 4 is 35.2 Å². The lowest BCUT2D eigenvalue weighted by atomic mass is 9.96. The fourth-order valence-corrected chi connectivity index (χ4v) is 7.95. The summed E-state index contributed by atoms with van der Waals surface area (Å²) in [7, 11) is 4.28. The Bertz CT molecular complexity index is 2640. The number of rotatable bonds is 11. The molecule has 0 spiro atoms. The number of benzene rings is 2. The van der Waals surface area contributed by atoms with Gasteiger partial charge in [-0.05, 0) is 68.4 Å². The number of fused-ring (bicyclic) bond motifs is 1. The molecular formula is C41H41ClN6O10. The molecule has 7 rings (SSSR count). The number of nitrogens with zero attached hydrogens (tertiary/aromatic N) is 4. The molecule has 4 heterocycles. The number of pyridine rings is 1. The number of aromatic nitrogens is 3. The van der Waals surface area contributed by atoms with E-state index >= 15 is 0 Å². The lowest BCUT2D eigenvalue weighted by Crippen LogP contribution is -2.40. The predicted octanol–water partition coefficient (Wildman–Crippen LogP) is 5.19. The second-order valence-electron chi connectivity index (χ2n) is 14.3. The smallest absolute Gasteiger partial charge is 0.481 e. The molecule has 1 fully saturated rings. The number of carbonyl (C=O) groups excluding carboxylic acids is 3. The highest BCUT2D eigenvalue weighted by Gasteiger charge is 2.37. The Morgan fingerprint density at radius 2 is 1.76 bits per heavy atom. The van der Waals surface area contributed by atoms with Gasteiger partial charge in [-0.3, -0.25) is 19.0 Å². The van der Waals surface area contributed by atoms with E-state index < -0.39 is 35.1 Å². The molecule has 2 aromatic carbocycles. The average molecular weight is 813 g/mol. The molecule has 302 valence electrons. The largest absolute Gasteiger partial charge is 0.519 e. The third-order valence-corrected chi connectivity index (χ3v) is 11.1. The first-order valence-electron chi connectivity index (χ1n) is 18.6. The zero-order chi connectivity index (χ0) is 41.4. The van der Waals surface area contributed by atoms with Crippen LogP contribution >= 0.6 is 11.6 Å². The Morgan fingerprint density at radius 1 is 1.02 bits per heavy atom. The van der Waals surface area contributed by atoms with E-state index in [0.717, 1.165) is 21.3 Å². The van der Waals surface area contributed by atoms with Crippen molar-refractivity contribution in [3.8, 4) is 28.3 Å². The van der Waals surface area contributed by atoms with E-state index in [2.05, 4.69) is 10.6 Å². The van der Waals surface area contributed by atoms with Gasteiger partial charge in [0.05, 0.1) is 23.9 Å². The van der Waals surface area contributed by atoms with Crippen molar-refractivity contribution in [3.63, 3.8) is 0 Å². The third kappa shape index (κ3) is 7.66. The Labute approximate surface area is 336 Å². The van der Waals surface area contributed by atoms with Crippen LogP contribution in [0.4, 0.5) is 10.5 Å². The Morgan fingerprint density at radius 3 is 2.47 bits per heavy atom. The van der Waals surface area contributed by atoms with Crippen LogP contribution in [0.3, 0.4) is 0 Å². The summed E-state index contributed by atoms with van der Waals surface area (Å²) >= 11 is 7.18. The van der Waals surface area contributed by atoms with E-state index in [1.807, 2.05) is 37.3 Å². The van der Waals surface area contributed by atoms with Gasteiger partial charge in [0.15, 0.2) is 18.1 Å². The number of hydrogen-bond acceptors (Lipinski definition) is 11. The maximum atomic E-state index is 13.8. The van der Waals surface area contributed by atoms with Gasteiger partial charge in [0.1, 0.15) is 5.56 Å². The lowest BCUT2D eigenvalue weighted by molar-refractivity contribution is -0.119. The van der Waals surface area contributed by atoms with Crippen molar-refractivity contribution in [2.24, 2.45) is 14.1 Å². The van der Waals surface area contributed by atoms with Crippen LogP contribution in [0.25, 0.3) is 22.4 Å². The summed E-state index contributed by atoms with van der Waals surface area (Å²) < 4.78 is 23.5. The average Bonchev–Trinajstić information content (AvgIpc) is 3.92. The van der Waals surface area contributed by atoms with Gasteiger partial charge in [0, 0.05) is 61.7 Å². The van der Waals surface area contributed by atoms with E-state index in [1.54, 1.807) is 24.0 Å². The monoisotopic (exact) mass is 812 g/mol. The topological polar surface area (TPSA) is 197 Å². The number of aryl methyl sites for hydroxylation is 3. The molecule has 1 aliphatic heterocycles. The minimum Gasteiger partial charge on any atom is -0.481 e. The van der Waals surface area contributed by atoms with Crippen LogP contribution in [0.1, 0.15) is 70.3 Å². The molecule has 0 bridgehead atoms. The zero-order valence-electron chi connectivity index (χ0n) is 32.5. The molecule has 3 aromatic heterocycles. The number of amides is 3. The molecule has 1 aliphatic carbocycles. The molecule has 2 aliphatic rings. The van der Waals surface area contributed by atoms with Gasteiger partial charge in [0.25, 0.3) is 11.5 Å². The molecule has 17 heteroatoms. The summed E-state index contributed by atoms with van der Waals surface area (Å²) in [4.78, 5) is 82.0. The number of ether oxygens (including phenoxy) is 2. The molecule has 2 atom stereocenters. The first-order chi connectivity index (χ1) is 27.7.